The van der Waals surface area contributed by atoms with E-state index >= 15 is 0 Å². The maximum absolute atomic E-state index is 13.1. The molecule has 162 valence electrons. The third kappa shape index (κ3) is 5.57. The van der Waals surface area contributed by atoms with Crippen molar-refractivity contribution in [2.45, 2.75) is 18.7 Å². The Morgan fingerprint density at radius 1 is 1.16 bits per heavy atom. The number of alkyl halides is 2. The molecule has 2 aromatic carbocycles. The highest BCUT2D eigenvalue weighted by atomic mass is 32.2. The molecule has 2 amide bonds. The lowest BCUT2D eigenvalue weighted by Crippen LogP contribution is -2.32. The molecule has 0 spiro atoms. The van der Waals surface area contributed by atoms with E-state index in [-0.39, 0.29) is 23.3 Å². The number of thioether (sulfide) groups is 1. The van der Waals surface area contributed by atoms with Crippen LogP contribution in [0.4, 0.5) is 13.6 Å². The summed E-state index contributed by atoms with van der Waals surface area (Å²) in [5, 5.41) is 2.59. The second kappa shape index (κ2) is 10.0. The molecule has 11 heteroatoms. The minimum Gasteiger partial charge on any atom is -0.450 e. The van der Waals surface area contributed by atoms with E-state index in [0.717, 1.165) is 11.8 Å². The maximum atomic E-state index is 13.1. The van der Waals surface area contributed by atoms with Gasteiger partial charge in [-0.2, -0.15) is 8.78 Å². The Morgan fingerprint density at radius 3 is 2.55 bits per heavy atom. The van der Waals surface area contributed by atoms with Gasteiger partial charge in [0, 0.05) is 0 Å². The average molecular weight is 449 g/mol. The Labute approximate surface area is 179 Å². The van der Waals surface area contributed by atoms with E-state index in [0.29, 0.717) is 16.6 Å². The number of hydrogen-bond acceptors (Lipinski definition) is 7. The molecule has 0 bridgehead atoms. The topological polar surface area (TPSA) is 99.5 Å². The quantitative estimate of drug-likeness (QED) is 0.436. The van der Waals surface area contributed by atoms with Crippen LogP contribution in [-0.4, -0.2) is 40.5 Å². The van der Waals surface area contributed by atoms with E-state index in [1.54, 1.807) is 31.2 Å². The number of halogens is 2. The van der Waals surface area contributed by atoms with E-state index < -0.39 is 24.2 Å². The zero-order valence-corrected chi connectivity index (χ0v) is 17.0. The fourth-order valence-electron chi connectivity index (χ4n) is 2.66. The molecule has 3 rings (SSSR count). The molecule has 0 aliphatic carbocycles. The van der Waals surface area contributed by atoms with Crippen molar-refractivity contribution in [1.82, 2.24) is 14.9 Å². The molecule has 1 N–H and O–H groups in total. The molecule has 0 aliphatic heterocycles. The number of benzene rings is 2. The second-order valence-corrected chi connectivity index (χ2v) is 6.92. The van der Waals surface area contributed by atoms with Crippen molar-refractivity contribution in [2.24, 2.45) is 0 Å². The zero-order valence-electron chi connectivity index (χ0n) is 16.2. The molecule has 1 aromatic heterocycles. The van der Waals surface area contributed by atoms with Crippen LogP contribution < -0.4 is 15.6 Å². The summed E-state index contributed by atoms with van der Waals surface area (Å²) in [7, 11) is 0. The van der Waals surface area contributed by atoms with E-state index in [2.05, 4.69) is 19.8 Å². The van der Waals surface area contributed by atoms with Crippen LogP contribution >= 0.6 is 11.8 Å². The van der Waals surface area contributed by atoms with E-state index in [1.807, 2.05) is 0 Å². The van der Waals surface area contributed by atoms with Gasteiger partial charge >= 0.3 is 12.7 Å². The monoisotopic (exact) mass is 449 g/mol. The molecule has 1 heterocycles. The Kier molecular flexibility index (Phi) is 7.19. The van der Waals surface area contributed by atoms with Gasteiger partial charge in [0.25, 0.3) is 5.56 Å². The van der Waals surface area contributed by atoms with Crippen molar-refractivity contribution >= 4 is 34.7 Å². The van der Waals surface area contributed by atoms with Crippen LogP contribution in [0.25, 0.3) is 16.6 Å². The van der Waals surface area contributed by atoms with Gasteiger partial charge in [-0.15, -0.1) is 0 Å². The van der Waals surface area contributed by atoms with Gasteiger partial charge in [-0.25, -0.2) is 9.78 Å². The molecule has 0 fully saturated rings. The number of nitrogens with zero attached hydrogens (tertiary/aromatic N) is 2. The van der Waals surface area contributed by atoms with Gasteiger partial charge in [-0.05, 0) is 43.3 Å². The molecule has 31 heavy (non-hydrogen) atoms. The predicted molar refractivity (Wildman–Crippen MR) is 110 cm³/mol. The van der Waals surface area contributed by atoms with E-state index in [1.165, 1.54) is 28.8 Å². The Morgan fingerprint density at radius 2 is 1.87 bits per heavy atom. The van der Waals surface area contributed by atoms with Crippen LogP contribution in [0.5, 0.6) is 5.75 Å². The zero-order chi connectivity index (χ0) is 22.4. The number of ether oxygens (including phenoxy) is 2. The first-order valence-corrected chi connectivity index (χ1v) is 10.0. The smallest absolute Gasteiger partial charge is 0.413 e. The first-order valence-electron chi connectivity index (χ1n) is 9.05. The molecule has 3 aromatic rings. The number of rotatable bonds is 7. The van der Waals surface area contributed by atoms with Gasteiger partial charge in [0.1, 0.15) is 5.75 Å². The van der Waals surface area contributed by atoms with Crippen LogP contribution in [0.2, 0.25) is 0 Å². The first kappa shape index (κ1) is 22.2. The van der Waals surface area contributed by atoms with Crippen molar-refractivity contribution in [3.05, 3.63) is 58.9 Å². The fraction of sp³-hybridized carbons (Fsp3) is 0.200. The lowest BCUT2D eigenvalue weighted by Gasteiger charge is -2.14. The predicted octanol–water partition coefficient (Wildman–Crippen LogP) is 3.35. The van der Waals surface area contributed by atoms with Crippen molar-refractivity contribution < 1.29 is 27.8 Å². The summed E-state index contributed by atoms with van der Waals surface area (Å²) < 4.78 is 35.1. The van der Waals surface area contributed by atoms with Crippen molar-refractivity contribution in [2.75, 3.05) is 12.4 Å². The molecule has 0 unspecified atom stereocenters. The number of hydrogen-bond donors (Lipinski definition) is 1. The third-order valence-corrected chi connectivity index (χ3v) is 4.85. The van der Waals surface area contributed by atoms with Crippen molar-refractivity contribution in [1.29, 1.82) is 0 Å². The van der Waals surface area contributed by atoms with Crippen LogP contribution in [0.1, 0.15) is 6.92 Å². The summed E-state index contributed by atoms with van der Waals surface area (Å²) in [5.41, 5.74) is 0.370. The van der Waals surface area contributed by atoms with Gasteiger partial charge in [0.05, 0.1) is 29.0 Å². The third-order valence-electron chi connectivity index (χ3n) is 3.91. The highest BCUT2D eigenvalue weighted by Gasteiger charge is 2.16. The molecule has 0 aliphatic rings. The van der Waals surface area contributed by atoms with E-state index in [9.17, 15) is 23.2 Å². The summed E-state index contributed by atoms with van der Waals surface area (Å²) in [6.07, 6.45) is -0.869. The number of imide groups is 1. The number of para-hydroxylation sites is 1. The minimum atomic E-state index is -2.97. The van der Waals surface area contributed by atoms with Crippen LogP contribution in [0.3, 0.4) is 0 Å². The lowest BCUT2D eigenvalue weighted by atomic mass is 10.2. The minimum absolute atomic E-state index is 0.0661. The highest BCUT2D eigenvalue weighted by Crippen LogP contribution is 2.23. The molecule has 0 radical (unpaired) electrons. The van der Waals surface area contributed by atoms with Gasteiger partial charge in [0.2, 0.25) is 5.91 Å². The summed E-state index contributed by atoms with van der Waals surface area (Å²) in [5.74, 6) is -0.905. The number of nitrogens with one attached hydrogen (secondary N) is 1. The maximum Gasteiger partial charge on any atom is 0.413 e. The largest absolute Gasteiger partial charge is 0.450 e. The van der Waals surface area contributed by atoms with Crippen LogP contribution in [0, 0.1) is 0 Å². The highest BCUT2D eigenvalue weighted by molar-refractivity contribution is 7.99. The Hall–Kier alpha value is -3.47. The summed E-state index contributed by atoms with van der Waals surface area (Å²) in [4.78, 5) is 41.0. The van der Waals surface area contributed by atoms with E-state index in [4.69, 9.17) is 0 Å². The SMILES string of the molecule is CCOC(=O)NC(=O)CSc1nc2ccccc2c(=O)n1-c1ccc(OC(F)F)cc1. The molecule has 0 atom stereocenters. The lowest BCUT2D eigenvalue weighted by molar-refractivity contribution is -0.117. The number of aromatic nitrogens is 2. The summed E-state index contributed by atoms with van der Waals surface area (Å²) >= 11 is 0.935. The molecule has 0 saturated heterocycles. The van der Waals surface area contributed by atoms with Gasteiger partial charge in [0.15, 0.2) is 5.16 Å². The number of amides is 2. The Balaban J connectivity index is 1.95. The Bertz CT molecular complexity index is 1150. The number of carbonyl (C=O) groups is 2. The molecule has 8 nitrogen and oxygen atoms in total. The number of alkyl carbamates (subject to hydrolysis) is 1. The molecular formula is C20H17F2N3O5S. The normalized spacial score (nSPS) is 10.8. The second-order valence-electron chi connectivity index (χ2n) is 5.98. The summed E-state index contributed by atoms with van der Waals surface area (Å²) in [6.45, 7) is -1.25. The van der Waals surface area contributed by atoms with Crippen LogP contribution in [-0.2, 0) is 9.53 Å². The van der Waals surface area contributed by atoms with Crippen molar-refractivity contribution in [3.8, 4) is 11.4 Å². The average Bonchev–Trinajstić information content (AvgIpc) is 2.73. The van der Waals surface area contributed by atoms with Crippen LogP contribution in [0.15, 0.2) is 58.5 Å². The standard InChI is InChI=1S/C20H17F2N3O5S/c1-2-29-20(28)24-16(26)11-31-19-23-15-6-4-3-5-14(15)17(27)25(19)12-7-9-13(10-8-12)30-18(21)22/h3-10,18H,2,11H2,1H3,(H,24,26,28). The molecular weight excluding hydrogens is 432 g/mol. The van der Waals surface area contributed by atoms with Crippen molar-refractivity contribution in [3.63, 3.8) is 0 Å². The summed E-state index contributed by atoms with van der Waals surface area (Å²) in [6, 6.07) is 12.1. The molecule has 0 saturated carbocycles. The first-order chi connectivity index (χ1) is 14.9. The number of carbonyl (C=O) groups excluding carboxylic acids is 2. The number of fused-ring (bicyclic) bond motifs is 1. The van der Waals surface area contributed by atoms with Gasteiger partial charge < -0.3 is 9.47 Å². The van der Waals surface area contributed by atoms with Gasteiger partial charge in [-0.3, -0.25) is 19.5 Å². The van der Waals surface area contributed by atoms with Gasteiger partial charge in [-0.1, -0.05) is 23.9 Å². The fourth-order valence-corrected chi connectivity index (χ4v) is 3.47.